The molecule has 0 unspecified atom stereocenters. The number of nitrogens with zero attached hydrogens (tertiary/aromatic N) is 1. The Kier molecular flexibility index (Phi) is 2.98. The predicted octanol–water partition coefficient (Wildman–Crippen LogP) is 0.0769. The minimum Gasteiger partial charge on any atom is -0.366 e. The van der Waals surface area contributed by atoms with E-state index in [2.05, 4.69) is 5.32 Å². The van der Waals surface area contributed by atoms with Crippen molar-refractivity contribution in [3.63, 3.8) is 0 Å². The summed E-state index contributed by atoms with van der Waals surface area (Å²) in [7, 11) is 0. The lowest BCUT2D eigenvalue weighted by Gasteiger charge is -2.17. The molecule has 0 spiro atoms. The zero-order chi connectivity index (χ0) is 13.4. The molecule has 2 heterocycles. The Labute approximate surface area is 111 Å². The van der Waals surface area contributed by atoms with Crippen LogP contribution in [-0.2, 0) is 0 Å². The number of amides is 2. The Morgan fingerprint density at radius 3 is 2.42 bits per heavy atom. The molecule has 2 aliphatic rings. The smallest absolute Gasteiger partial charge is 0.253 e. The van der Waals surface area contributed by atoms with Crippen molar-refractivity contribution in [3.05, 3.63) is 35.4 Å². The van der Waals surface area contributed by atoms with Crippen LogP contribution < -0.4 is 11.1 Å². The van der Waals surface area contributed by atoms with Crippen molar-refractivity contribution in [2.45, 2.75) is 0 Å². The van der Waals surface area contributed by atoms with Crippen molar-refractivity contribution in [1.29, 1.82) is 0 Å². The molecular weight excluding hydrogens is 242 g/mol. The van der Waals surface area contributed by atoms with E-state index in [0.29, 0.717) is 23.0 Å². The third kappa shape index (κ3) is 2.21. The molecule has 5 nitrogen and oxygen atoms in total. The van der Waals surface area contributed by atoms with E-state index in [0.717, 1.165) is 26.2 Å². The van der Waals surface area contributed by atoms with Crippen LogP contribution in [-0.4, -0.2) is 42.9 Å². The molecule has 1 aromatic rings. The summed E-state index contributed by atoms with van der Waals surface area (Å²) in [5, 5.41) is 3.35. The summed E-state index contributed by atoms with van der Waals surface area (Å²) >= 11 is 0. The first kappa shape index (κ1) is 12.2. The highest BCUT2D eigenvalue weighted by molar-refractivity contribution is 5.99. The number of nitrogens with two attached hydrogens (primary N) is 1. The van der Waals surface area contributed by atoms with Crippen LogP contribution in [0.2, 0.25) is 0 Å². The van der Waals surface area contributed by atoms with Gasteiger partial charge in [0, 0.05) is 37.3 Å². The minimum atomic E-state index is -0.503. The number of rotatable bonds is 2. The quantitative estimate of drug-likeness (QED) is 0.789. The van der Waals surface area contributed by atoms with Crippen LogP contribution in [0, 0.1) is 11.8 Å². The average Bonchev–Trinajstić information content (AvgIpc) is 2.98. The average molecular weight is 259 g/mol. The molecule has 0 aliphatic carbocycles. The fourth-order valence-electron chi connectivity index (χ4n) is 3.01. The van der Waals surface area contributed by atoms with E-state index < -0.39 is 5.91 Å². The Balaban J connectivity index is 1.77. The number of primary amides is 1. The van der Waals surface area contributed by atoms with Gasteiger partial charge in [0.05, 0.1) is 0 Å². The largest absolute Gasteiger partial charge is 0.366 e. The third-order valence-electron chi connectivity index (χ3n) is 4.07. The second kappa shape index (κ2) is 4.66. The number of hydrogen-bond acceptors (Lipinski definition) is 3. The van der Waals surface area contributed by atoms with Gasteiger partial charge >= 0.3 is 0 Å². The van der Waals surface area contributed by atoms with Gasteiger partial charge < -0.3 is 16.0 Å². The van der Waals surface area contributed by atoms with E-state index in [1.807, 2.05) is 4.90 Å². The molecule has 2 atom stereocenters. The van der Waals surface area contributed by atoms with Crippen LogP contribution in [0.25, 0.3) is 0 Å². The molecule has 2 fully saturated rings. The number of hydrogen-bond donors (Lipinski definition) is 2. The molecule has 19 heavy (non-hydrogen) atoms. The highest BCUT2D eigenvalue weighted by atomic mass is 16.2. The predicted molar refractivity (Wildman–Crippen MR) is 70.7 cm³/mol. The van der Waals surface area contributed by atoms with E-state index in [4.69, 9.17) is 5.73 Å². The molecule has 5 heteroatoms. The van der Waals surface area contributed by atoms with Crippen molar-refractivity contribution in [2.24, 2.45) is 17.6 Å². The lowest BCUT2D eigenvalue weighted by atomic mass is 10.0. The first-order chi connectivity index (χ1) is 9.15. The fraction of sp³-hybridized carbons (Fsp3) is 0.429. The van der Waals surface area contributed by atoms with Crippen LogP contribution in [0.5, 0.6) is 0 Å². The summed E-state index contributed by atoms with van der Waals surface area (Å²) in [5.41, 5.74) is 6.17. The Morgan fingerprint density at radius 1 is 1.16 bits per heavy atom. The van der Waals surface area contributed by atoms with Crippen LogP contribution in [0.3, 0.4) is 0 Å². The molecule has 0 radical (unpaired) electrons. The minimum absolute atomic E-state index is 0.00231. The van der Waals surface area contributed by atoms with E-state index in [1.165, 1.54) is 0 Å². The molecule has 2 amide bonds. The number of carbonyl (C=O) groups excluding carboxylic acids is 2. The van der Waals surface area contributed by atoms with Crippen LogP contribution in [0.4, 0.5) is 0 Å². The van der Waals surface area contributed by atoms with E-state index in [1.54, 1.807) is 24.3 Å². The van der Waals surface area contributed by atoms with Gasteiger partial charge in [-0.1, -0.05) is 6.07 Å². The van der Waals surface area contributed by atoms with Gasteiger partial charge in [-0.2, -0.15) is 0 Å². The summed E-state index contributed by atoms with van der Waals surface area (Å²) in [6, 6.07) is 6.64. The third-order valence-corrected chi connectivity index (χ3v) is 4.07. The summed E-state index contributed by atoms with van der Waals surface area (Å²) in [6.45, 7) is 3.60. The molecule has 3 N–H and O–H groups in total. The molecule has 2 aliphatic heterocycles. The Hall–Kier alpha value is -1.88. The number of likely N-dealkylation sites (tertiary alicyclic amines) is 1. The Bertz CT molecular complexity index is 517. The molecule has 0 bridgehead atoms. The zero-order valence-corrected chi connectivity index (χ0v) is 10.6. The van der Waals surface area contributed by atoms with Crippen LogP contribution in [0.15, 0.2) is 24.3 Å². The molecule has 3 rings (SSSR count). The van der Waals surface area contributed by atoms with Gasteiger partial charge in [0.1, 0.15) is 0 Å². The SMILES string of the molecule is NC(=O)c1cccc(C(=O)N2C[C@H]3CNC[C@H]3C2)c1. The monoisotopic (exact) mass is 259 g/mol. The van der Waals surface area contributed by atoms with Gasteiger partial charge in [-0.3, -0.25) is 9.59 Å². The van der Waals surface area contributed by atoms with Gasteiger partial charge in [0.2, 0.25) is 5.91 Å². The fourth-order valence-corrected chi connectivity index (χ4v) is 3.01. The molecule has 100 valence electrons. The molecule has 0 aromatic heterocycles. The van der Waals surface area contributed by atoms with Crippen molar-refractivity contribution >= 4 is 11.8 Å². The summed E-state index contributed by atoms with van der Waals surface area (Å²) in [6.07, 6.45) is 0. The highest BCUT2D eigenvalue weighted by Gasteiger charge is 2.38. The van der Waals surface area contributed by atoms with Crippen molar-refractivity contribution in [1.82, 2.24) is 10.2 Å². The summed E-state index contributed by atoms with van der Waals surface area (Å²) < 4.78 is 0. The standard InChI is InChI=1S/C14H17N3O2/c15-13(18)9-2-1-3-10(4-9)14(19)17-7-11-5-16-6-12(11)8-17/h1-4,11-12,16H,5-8H2,(H2,15,18)/t11-,12+. The molecule has 2 saturated heterocycles. The van der Waals surface area contributed by atoms with E-state index in [9.17, 15) is 9.59 Å². The van der Waals surface area contributed by atoms with Gasteiger partial charge in [-0.25, -0.2) is 0 Å². The van der Waals surface area contributed by atoms with Crippen LogP contribution in [0.1, 0.15) is 20.7 Å². The highest BCUT2D eigenvalue weighted by Crippen LogP contribution is 2.27. The van der Waals surface area contributed by atoms with Crippen molar-refractivity contribution < 1.29 is 9.59 Å². The van der Waals surface area contributed by atoms with Crippen molar-refractivity contribution in [3.8, 4) is 0 Å². The maximum atomic E-state index is 12.4. The van der Waals surface area contributed by atoms with Gasteiger partial charge in [0.15, 0.2) is 0 Å². The summed E-state index contributed by atoms with van der Waals surface area (Å²) in [4.78, 5) is 25.4. The maximum absolute atomic E-state index is 12.4. The summed E-state index contributed by atoms with van der Waals surface area (Å²) in [5.74, 6) is 0.640. The second-order valence-electron chi connectivity index (χ2n) is 5.33. The first-order valence-electron chi connectivity index (χ1n) is 6.55. The van der Waals surface area contributed by atoms with Gasteiger partial charge in [-0.05, 0) is 30.0 Å². The lowest BCUT2D eigenvalue weighted by Crippen LogP contribution is -2.32. The van der Waals surface area contributed by atoms with Gasteiger partial charge in [-0.15, -0.1) is 0 Å². The second-order valence-corrected chi connectivity index (χ2v) is 5.33. The number of benzene rings is 1. The van der Waals surface area contributed by atoms with Crippen molar-refractivity contribution in [2.75, 3.05) is 26.2 Å². The van der Waals surface area contributed by atoms with Crippen LogP contribution >= 0.6 is 0 Å². The van der Waals surface area contributed by atoms with E-state index in [-0.39, 0.29) is 5.91 Å². The molecule has 0 saturated carbocycles. The molecule has 1 aromatic carbocycles. The normalized spacial score (nSPS) is 25.4. The maximum Gasteiger partial charge on any atom is 0.253 e. The topological polar surface area (TPSA) is 75.4 Å². The lowest BCUT2D eigenvalue weighted by molar-refractivity contribution is 0.0781. The number of carbonyl (C=O) groups is 2. The zero-order valence-electron chi connectivity index (χ0n) is 10.6. The first-order valence-corrected chi connectivity index (χ1v) is 6.55. The van der Waals surface area contributed by atoms with Gasteiger partial charge in [0.25, 0.3) is 5.91 Å². The number of nitrogens with one attached hydrogen (secondary N) is 1. The van der Waals surface area contributed by atoms with E-state index >= 15 is 0 Å². The Morgan fingerprint density at radius 2 is 1.79 bits per heavy atom. The molecular formula is C14H17N3O2. The number of fused-ring (bicyclic) bond motifs is 1.